The highest BCUT2D eigenvalue weighted by Gasteiger charge is 2.59. The molecule has 2 heterocycles. The van der Waals surface area contributed by atoms with Crippen molar-refractivity contribution in [1.82, 2.24) is 5.06 Å². The molecule has 2 saturated heterocycles. The fourth-order valence-corrected chi connectivity index (χ4v) is 3.66. The smallest absolute Gasteiger partial charge is 0.163 e. The van der Waals surface area contributed by atoms with E-state index in [1.54, 1.807) is 0 Å². The maximum absolute atomic E-state index is 10.4. The molecule has 1 aliphatic carbocycles. The summed E-state index contributed by atoms with van der Waals surface area (Å²) in [7, 11) is 0. The largest absolute Gasteiger partial charge is 0.388 e. The zero-order valence-corrected chi connectivity index (χ0v) is 12.3. The van der Waals surface area contributed by atoms with Gasteiger partial charge in [-0.15, -0.1) is 0 Å². The minimum absolute atomic E-state index is 0.130. The van der Waals surface area contributed by atoms with Crippen LogP contribution in [0.5, 0.6) is 0 Å². The van der Waals surface area contributed by atoms with E-state index in [4.69, 9.17) is 14.3 Å². The summed E-state index contributed by atoms with van der Waals surface area (Å²) in [5.74, 6) is -0.640. The minimum Gasteiger partial charge on any atom is -0.388 e. The summed E-state index contributed by atoms with van der Waals surface area (Å²) in [4.78, 5) is 5.93. The molecule has 1 N–H and O–H groups in total. The van der Waals surface area contributed by atoms with Gasteiger partial charge in [0.25, 0.3) is 0 Å². The summed E-state index contributed by atoms with van der Waals surface area (Å²) in [5.41, 5.74) is 1.19. The van der Waals surface area contributed by atoms with E-state index in [9.17, 15) is 5.11 Å². The van der Waals surface area contributed by atoms with Crippen molar-refractivity contribution in [2.75, 3.05) is 0 Å². The minimum atomic E-state index is -0.640. The molecule has 114 valence electrons. The van der Waals surface area contributed by atoms with Crippen LogP contribution in [0.4, 0.5) is 0 Å². The lowest BCUT2D eigenvalue weighted by Crippen LogP contribution is -2.51. The highest BCUT2D eigenvalue weighted by atomic mass is 16.8. The van der Waals surface area contributed by atoms with Crippen molar-refractivity contribution in [1.29, 1.82) is 0 Å². The molecule has 3 fully saturated rings. The number of rotatable bonds is 2. The number of hydrogen-bond acceptors (Lipinski definition) is 5. The molecule has 0 radical (unpaired) electrons. The van der Waals surface area contributed by atoms with Crippen LogP contribution < -0.4 is 0 Å². The highest BCUT2D eigenvalue weighted by Crippen LogP contribution is 2.44. The Balaban J connectivity index is 1.57. The summed E-state index contributed by atoms with van der Waals surface area (Å²) in [5, 5.41) is 12.4. The van der Waals surface area contributed by atoms with Crippen molar-refractivity contribution in [3.8, 4) is 0 Å². The van der Waals surface area contributed by atoms with Crippen LogP contribution in [0, 0.1) is 0 Å². The summed E-state index contributed by atoms with van der Waals surface area (Å²) in [6.07, 6.45) is -0.484. The van der Waals surface area contributed by atoms with Crippen LogP contribution >= 0.6 is 0 Å². The van der Waals surface area contributed by atoms with E-state index in [2.05, 4.69) is 12.1 Å². The molecule has 1 aromatic carbocycles. The molecule has 2 bridgehead atoms. The monoisotopic (exact) mass is 291 g/mol. The molecule has 1 saturated carbocycles. The van der Waals surface area contributed by atoms with Gasteiger partial charge in [0.15, 0.2) is 5.79 Å². The number of aliphatic hydroxyl groups excluding tert-OH is 1. The molecule has 5 atom stereocenters. The second-order valence-electron chi connectivity index (χ2n) is 6.56. The summed E-state index contributed by atoms with van der Waals surface area (Å²) in [6.45, 7) is 4.49. The van der Waals surface area contributed by atoms with E-state index in [1.807, 2.05) is 37.1 Å². The van der Waals surface area contributed by atoms with Crippen LogP contribution in [-0.2, 0) is 20.9 Å². The Kier molecular flexibility index (Phi) is 3.10. The molecular formula is C16H21NO4. The number of aliphatic hydroxyl groups is 1. The van der Waals surface area contributed by atoms with Gasteiger partial charge >= 0.3 is 0 Å². The van der Waals surface area contributed by atoms with Gasteiger partial charge in [-0.1, -0.05) is 30.3 Å². The number of ether oxygens (including phenoxy) is 2. The normalized spacial score (nSPS) is 41.2. The molecule has 0 aromatic heterocycles. The third kappa shape index (κ3) is 2.29. The van der Waals surface area contributed by atoms with Gasteiger partial charge in [-0.2, -0.15) is 5.06 Å². The molecule has 21 heavy (non-hydrogen) atoms. The Hall–Kier alpha value is -0.980. The van der Waals surface area contributed by atoms with Crippen LogP contribution in [-0.4, -0.2) is 46.4 Å². The first-order valence-corrected chi connectivity index (χ1v) is 7.54. The van der Waals surface area contributed by atoms with Gasteiger partial charge in [-0.3, -0.25) is 4.84 Å². The fraction of sp³-hybridized carbons (Fsp3) is 0.625. The quantitative estimate of drug-likeness (QED) is 0.894. The van der Waals surface area contributed by atoms with Gasteiger partial charge in [-0.25, -0.2) is 0 Å². The fourth-order valence-electron chi connectivity index (χ4n) is 3.66. The van der Waals surface area contributed by atoms with Gasteiger partial charge < -0.3 is 14.6 Å². The molecule has 0 spiro atoms. The SMILES string of the molecule is CC1(C)O[C@H]2[C@H](O)[C@H]3C[C@@H]([C@H]2O1)N(Cc1ccccc1)O3. The van der Waals surface area contributed by atoms with E-state index in [0.29, 0.717) is 6.54 Å². The molecule has 2 aliphatic heterocycles. The molecule has 5 nitrogen and oxygen atoms in total. The van der Waals surface area contributed by atoms with Crippen LogP contribution in [0.15, 0.2) is 30.3 Å². The second-order valence-corrected chi connectivity index (χ2v) is 6.56. The maximum atomic E-state index is 10.4. The summed E-state index contributed by atoms with van der Waals surface area (Å²) >= 11 is 0. The molecule has 3 aliphatic rings. The first kappa shape index (κ1) is 13.7. The van der Waals surface area contributed by atoms with Crippen molar-refractivity contribution in [2.24, 2.45) is 0 Å². The lowest BCUT2D eigenvalue weighted by molar-refractivity contribution is -0.216. The molecule has 4 rings (SSSR count). The number of hydrogen-bond donors (Lipinski definition) is 1. The standard InChI is InChI=1S/C16H21NO4/c1-16(2)19-14-11-8-12(13(18)15(14)20-16)21-17(11)9-10-6-4-3-5-7-10/h3-7,11-15,18H,8-9H2,1-2H3/t11-,12+,13+,14+,15-/m0/s1. The molecule has 0 amide bonds. The van der Waals surface area contributed by atoms with Crippen molar-refractivity contribution >= 4 is 0 Å². The summed E-state index contributed by atoms with van der Waals surface area (Å²) in [6, 6.07) is 10.3. The predicted molar refractivity (Wildman–Crippen MR) is 75.1 cm³/mol. The predicted octanol–water partition coefficient (Wildman–Crippen LogP) is 1.46. The number of nitrogens with zero attached hydrogens (tertiary/aromatic N) is 1. The Labute approximate surface area is 124 Å². The number of benzene rings is 1. The zero-order chi connectivity index (χ0) is 14.6. The third-order valence-electron chi connectivity index (χ3n) is 4.56. The Bertz CT molecular complexity index is 520. The lowest BCUT2D eigenvalue weighted by Gasteiger charge is -2.31. The zero-order valence-electron chi connectivity index (χ0n) is 12.3. The van der Waals surface area contributed by atoms with Gasteiger partial charge in [0, 0.05) is 6.54 Å². The topological polar surface area (TPSA) is 51.2 Å². The van der Waals surface area contributed by atoms with E-state index >= 15 is 0 Å². The Morgan fingerprint density at radius 3 is 2.67 bits per heavy atom. The Morgan fingerprint density at radius 2 is 1.90 bits per heavy atom. The third-order valence-corrected chi connectivity index (χ3v) is 4.56. The highest BCUT2D eigenvalue weighted by molar-refractivity contribution is 5.15. The number of fused-ring (bicyclic) bond motifs is 4. The van der Waals surface area contributed by atoms with Crippen LogP contribution in [0.1, 0.15) is 25.8 Å². The van der Waals surface area contributed by atoms with Gasteiger partial charge in [-0.05, 0) is 25.8 Å². The van der Waals surface area contributed by atoms with Gasteiger partial charge in [0.1, 0.15) is 24.4 Å². The van der Waals surface area contributed by atoms with Crippen LogP contribution in [0.25, 0.3) is 0 Å². The number of hydroxylamine groups is 2. The molecule has 5 heteroatoms. The second kappa shape index (κ2) is 4.76. The molecule has 1 aromatic rings. The summed E-state index contributed by atoms with van der Waals surface area (Å²) < 4.78 is 11.9. The van der Waals surface area contributed by atoms with E-state index in [1.165, 1.54) is 5.56 Å². The lowest BCUT2D eigenvalue weighted by atomic mass is 9.86. The van der Waals surface area contributed by atoms with Crippen LogP contribution in [0.3, 0.4) is 0 Å². The maximum Gasteiger partial charge on any atom is 0.163 e. The first-order chi connectivity index (χ1) is 10.0. The van der Waals surface area contributed by atoms with Gasteiger partial charge in [0.05, 0.1) is 6.04 Å². The molecular weight excluding hydrogens is 270 g/mol. The Morgan fingerprint density at radius 1 is 1.19 bits per heavy atom. The van der Waals surface area contributed by atoms with Crippen molar-refractivity contribution in [3.63, 3.8) is 0 Å². The van der Waals surface area contributed by atoms with Crippen molar-refractivity contribution < 1.29 is 19.4 Å². The van der Waals surface area contributed by atoms with Crippen molar-refractivity contribution in [2.45, 2.75) is 63.1 Å². The van der Waals surface area contributed by atoms with E-state index in [-0.39, 0.29) is 24.4 Å². The van der Waals surface area contributed by atoms with Crippen molar-refractivity contribution in [3.05, 3.63) is 35.9 Å². The average Bonchev–Trinajstić information content (AvgIpc) is 2.97. The first-order valence-electron chi connectivity index (χ1n) is 7.54. The van der Waals surface area contributed by atoms with E-state index < -0.39 is 11.9 Å². The van der Waals surface area contributed by atoms with Gasteiger partial charge in [0.2, 0.25) is 0 Å². The molecule has 0 unspecified atom stereocenters. The average molecular weight is 291 g/mol. The van der Waals surface area contributed by atoms with E-state index in [0.717, 1.165) is 6.42 Å². The van der Waals surface area contributed by atoms with Crippen LogP contribution in [0.2, 0.25) is 0 Å².